The highest BCUT2D eigenvalue weighted by Crippen LogP contribution is 2.18. The Balaban J connectivity index is 1.61. The van der Waals surface area contributed by atoms with Crippen molar-refractivity contribution in [1.29, 1.82) is 0 Å². The van der Waals surface area contributed by atoms with E-state index in [-0.39, 0.29) is 5.91 Å². The highest BCUT2D eigenvalue weighted by Gasteiger charge is 2.21. The van der Waals surface area contributed by atoms with Crippen LogP contribution < -0.4 is 10.6 Å². The quantitative estimate of drug-likeness (QED) is 0.793. The predicted molar refractivity (Wildman–Crippen MR) is 93.0 cm³/mol. The summed E-state index contributed by atoms with van der Waals surface area (Å²) in [6.45, 7) is 7.88. The molecule has 130 valence electrons. The molecule has 1 atom stereocenters. The van der Waals surface area contributed by atoms with Crippen LogP contribution in [0.1, 0.15) is 22.7 Å². The zero-order valence-electron chi connectivity index (χ0n) is 14.0. The standard InChI is InChI=1S/C16H23N5O2S/c1-11-5-16(23-20-11)19-15(22)9-21(7-13-3-4-17-6-13)8-14-12(2)18-10-24-14/h5,10,13,17H,3-4,6-9H2,1-2H3,(H,19,22). The van der Waals surface area contributed by atoms with Crippen LogP contribution in [-0.4, -0.2) is 47.1 Å². The van der Waals surface area contributed by atoms with E-state index in [0.29, 0.717) is 18.3 Å². The van der Waals surface area contributed by atoms with E-state index in [9.17, 15) is 4.79 Å². The van der Waals surface area contributed by atoms with E-state index in [0.717, 1.165) is 44.0 Å². The average molecular weight is 349 g/mol. The lowest BCUT2D eigenvalue weighted by atomic mass is 10.1. The second kappa shape index (κ2) is 7.87. The first kappa shape index (κ1) is 17.1. The SMILES string of the molecule is Cc1cc(NC(=O)CN(Cc2scnc2C)CC2CCNC2)on1. The van der Waals surface area contributed by atoms with Crippen LogP contribution in [0.25, 0.3) is 0 Å². The van der Waals surface area contributed by atoms with Gasteiger partial charge in [-0.3, -0.25) is 15.0 Å². The number of aryl methyl sites for hydroxylation is 2. The van der Waals surface area contributed by atoms with Gasteiger partial charge in [0.15, 0.2) is 0 Å². The molecule has 8 heteroatoms. The first-order chi connectivity index (χ1) is 11.6. The molecule has 1 fully saturated rings. The molecule has 2 aromatic heterocycles. The van der Waals surface area contributed by atoms with Crippen LogP contribution in [0.4, 0.5) is 5.88 Å². The van der Waals surface area contributed by atoms with E-state index in [1.165, 1.54) is 4.88 Å². The van der Waals surface area contributed by atoms with Gasteiger partial charge in [-0.25, -0.2) is 4.98 Å². The number of anilines is 1. The van der Waals surface area contributed by atoms with E-state index >= 15 is 0 Å². The first-order valence-electron chi connectivity index (χ1n) is 8.15. The number of thiazole rings is 1. The highest BCUT2D eigenvalue weighted by molar-refractivity contribution is 7.09. The number of carbonyl (C=O) groups is 1. The Morgan fingerprint density at radius 2 is 2.42 bits per heavy atom. The predicted octanol–water partition coefficient (Wildman–Crippen LogP) is 1.80. The Labute approximate surface area is 145 Å². The molecule has 24 heavy (non-hydrogen) atoms. The Morgan fingerprint density at radius 3 is 3.04 bits per heavy atom. The number of nitrogens with zero attached hydrogens (tertiary/aromatic N) is 3. The van der Waals surface area contributed by atoms with Crippen molar-refractivity contribution in [1.82, 2.24) is 20.4 Å². The molecule has 3 heterocycles. The van der Waals surface area contributed by atoms with Crippen molar-refractivity contribution in [2.45, 2.75) is 26.8 Å². The van der Waals surface area contributed by atoms with Crippen LogP contribution in [0.3, 0.4) is 0 Å². The molecule has 0 radical (unpaired) electrons. The molecule has 1 aliphatic heterocycles. The Kier molecular flexibility index (Phi) is 5.60. The largest absolute Gasteiger partial charge is 0.338 e. The van der Waals surface area contributed by atoms with Crippen LogP contribution in [0, 0.1) is 19.8 Å². The van der Waals surface area contributed by atoms with Crippen LogP contribution in [0.2, 0.25) is 0 Å². The summed E-state index contributed by atoms with van der Waals surface area (Å²) in [5.41, 5.74) is 3.65. The van der Waals surface area contributed by atoms with Gasteiger partial charge in [-0.2, -0.15) is 0 Å². The normalized spacial score (nSPS) is 17.5. The van der Waals surface area contributed by atoms with Gasteiger partial charge in [-0.15, -0.1) is 11.3 Å². The van der Waals surface area contributed by atoms with Crippen LogP contribution >= 0.6 is 11.3 Å². The third-order valence-electron chi connectivity index (χ3n) is 4.15. The van der Waals surface area contributed by atoms with Gasteiger partial charge < -0.3 is 9.84 Å². The maximum absolute atomic E-state index is 12.4. The monoisotopic (exact) mass is 349 g/mol. The van der Waals surface area contributed by atoms with E-state index in [4.69, 9.17) is 4.52 Å². The van der Waals surface area contributed by atoms with E-state index in [1.54, 1.807) is 17.4 Å². The first-order valence-corrected chi connectivity index (χ1v) is 9.03. The summed E-state index contributed by atoms with van der Waals surface area (Å²) >= 11 is 1.64. The van der Waals surface area contributed by atoms with Gasteiger partial charge in [0.1, 0.15) is 0 Å². The molecular weight excluding hydrogens is 326 g/mol. The molecule has 0 spiro atoms. The van der Waals surface area contributed by atoms with Crippen molar-refractivity contribution >= 4 is 23.1 Å². The van der Waals surface area contributed by atoms with Crippen molar-refractivity contribution in [3.8, 4) is 0 Å². The number of aromatic nitrogens is 2. The summed E-state index contributed by atoms with van der Waals surface area (Å²) in [4.78, 5) is 20.1. The second-order valence-electron chi connectivity index (χ2n) is 6.27. The molecular formula is C16H23N5O2S. The summed E-state index contributed by atoms with van der Waals surface area (Å²) in [5, 5.41) is 9.94. The van der Waals surface area contributed by atoms with Gasteiger partial charge in [0.05, 0.1) is 23.4 Å². The van der Waals surface area contributed by atoms with Gasteiger partial charge in [0.25, 0.3) is 0 Å². The molecule has 1 unspecified atom stereocenters. The zero-order chi connectivity index (χ0) is 16.9. The van der Waals surface area contributed by atoms with Crippen molar-refractivity contribution in [2.24, 2.45) is 5.92 Å². The molecule has 2 aromatic rings. The summed E-state index contributed by atoms with van der Waals surface area (Å²) < 4.78 is 5.06. The molecule has 3 rings (SSSR count). The van der Waals surface area contributed by atoms with Crippen LogP contribution in [-0.2, 0) is 11.3 Å². The lowest BCUT2D eigenvalue weighted by Crippen LogP contribution is -2.36. The minimum atomic E-state index is -0.0840. The smallest absolute Gasteiger partial charge is 0.240 e. The molecule has 1 saturated heterocycles. The number of nitrogens with one attached hydrogen (secondary N) is 2. The van der Waals surface area contributed by atoms with Crippen molar-refractivity contribution < 1.29 is 9.32 Å². The Morgan fingerprint density at radius 1 is 1.54 bits per heavy atom. The molecule has 0 bridgehead atoms. The van der Waals surface area contributed by atoms with Gasteiger partial charge in [0.2, 0.25) is 11.8 Å². The molecule has 7 nitrogen and oxygen atoms in total. The lowest BCUT2D eigenvalue weighted by Gasteiger charge is -2.24. The number of rotatable bonds is 7. The number of amides is 1. The summed E-state index contributed by atoms with van der Waals surface area (Å²) in [6.07, 6.45) is 1.15. The third kappa shape index (κ3) is 4.62. The molecule has 0 aliphatic carbocycles. The second-order valence-corrected chi connectivity index (χ2v) is 7.21. The third-order valence-corrected chi connectivity index (χ3v) is 5.07. The van der Waals surface area contributed by atoms with Crippen molar-refractivity contribution in [3.63, 3.8) is 0 Å². The van der Waals surface area contributed by atoms with Gasteiger partial charge in [0, 0.05) is 24.0 Å². The van der Waals surface area contributed by atoms with Crippen LogP contribution in [0.5, 0.6) is 0 Å². The van der Waals surface area contributed by atoms with E-state index in [2.05, 4.69) is 25.7 Å². The fourth-order valence-corrected chi connectivity index (χ4v) is 3.72. The van der Waals surface area contributed by atoms with Gasteiger partial charge in [-0.05, 0) is 39.3 Å². The zero-order valence-corrected chi connectivity index (χ0v) is 14.9. The molecule has 2 N–H and O–H groups in total. The fraction of sp³-hybridized carbons (Fsp3) is 0.562. The molecule has 1 amide bonds. The Bertz CT molecular complexity index is 678. The molecule has 1 aliphatic rings. The summed E-state index contributed by atoms with van der Waals surface area (Å²) in [5.74, 6) is 0.895. The summed E-state index contributed by atoms with van der Waals surface area (Å²) in [7, 11) is 0. The number of hydrogen-bond donors (Lipinski definition) is 2. The van der Waals surface area contributed by atoms with Gasteiger partial charge in [-0.1, -0.05) is 5.16 Å². The van der Waals surface area contributed by atoms with E-state index in [1.807, 2.05) is 19.4 Å². The maximum Gasteiger partial charge on any atom is 0.240 e. The fourth-order valence-electron chi connectivity index (χ4n) is 2.90. The average Bonchev–Trinajstić information content (AvgIpc) is 3.25. The van der Waals surface area contributed by atoms with Crippen molar-refractivity contribution in [3.05, 3.63) is 27.8 Å². The topological polar surface area (TPSA) is 83.3 Å². The van der Waals surface area contributed by atoms with Crippen LogP contribution in [0.15, 0.2) is 16.1 Å². The number of hydrogen-bond acceptors (Lipinski definition) is 7. The van der Waals surface area contributed by atoms with Crippen molar-refractivity contribution in [2.75, 3.05) is 31.5 Å². The summed E-state index contributed by atoms with van der Waals surface area (Å²) in [6, 6.07) is 1.72. The minimum absolute atomic E-state index is 0.0840. The molecule has 0 aromatic carbocycles. The minimum Gasteiger partial charge on any atom is -0.338 e. The van der Waals surface area contributed by atoms with E-state index < -0.39 is 0 Å². The lowest BCUT2D eigenvalue weighted by molar-refractivity contribution is -0.117. The Hall–Kier alpha value is -1.77. The highest BCUT2D eigenvalue weighted by atomic mass is 32.1. The number of carbonyl (C=O) groups excluding carboxylic acids is 1. The van der Waals surface area contributed by atoms with Gasteiger partial charge >= 0.3 is 0 Å². The molecule has 0 saturated carbocycles. The maximum atomic E-state index is 12.4.